The van der Waals surface area contributed by atoms with E-state index in [1.165, 1.54) is 0 Å². The van der Waals surface area contributed by atoms with Crippen molar-refractivity contribution in [3.63, 3.8) is 0 Å². The van der Waals surface area contributed by atoms with Gasteiger partial charge in [0.25, 0.3) is 0 Å². The summed E-state index contributed by atoms with van der Waals surface area (Å²) in [5.41, 5.74) is 0. The Kier molecular flexibility index (Phi) is 6.61. The minimum absolute atomic E-state index is 0.171. The summed E-state index contributed by atoms with van der Waals surface area (Å²) >= 11 is 0. The van der Waals surface area contributed by atoms with Crippen molar-refractivity contribution >= 4 is 23.7 Å². The minimum Gasteiger partial charge on any atom is -0.466 e. The molecule has 0 saturated carbocycles. The maximum Gasteiger partial charge on any atom is 0.306 e. The highest BCUT2D eigenvalue weighted by Gasteiger charge is 2.27. The first-order valence-electron chi connectivity index (χ1n) is 8.02. The summed E-state index contributed by atoms with van der Waals surface area (Å²) in [6.07, 6.45) is 2.32. The van der Waals surface area contributed by atoms with Crippen molar-refractivity contribution in [3.8, 4) is 0 Å². The zero-order valence-electron chi connectivity index (χ0n) is 13.5. The van der Waals surface area contributed by atoms with Crippen molar-refractivity contribution in [2.24, 2.45) is 0 Å². The molecule has 0 fully saturated rings. The molecule has 0 aliphatic heterocycles. The van der Waals surface area contributed by atoms with Crippen LogP contribution in [-0.2, 0) is 14.1 Å². The molecule has 4 heteroatoms. The Balaban J connectivity index is 2.16. The molecule has 23 heavy (non-hydrogen) atoms. The van der Waals surface area contributed by atoms with Gasteiger partial charge >= 0.3 is 5.97 Å². The van der Waals surface area contributed by atoms with Crippen LogP contribution in [0.15, 0.2) is 60.7 Å². The molecule has 2 rings (SSSR count). The van der Waals surface area contributed by atoms with Crippen molar-refractivity contribution in [2.45, 2.75) is 26.2 Å². The Labute approximate surface area is 138 Å². The molecule has 0 aliphatic rings. The third-order valence-corrected chi connectivity index (χ3v) is 6.86. The number of ether oxygens (including phenoxy) is 1. The van der Waals surface area contributed by atoms with E-state index >= 15 is 0 Å². The van der Waals surface area contributed by atoms with Crippen molar-refractivity contribution in [2.75, 3.05) is 12.8 Å². The zero-order chi connectivity index (χ0) is 16.5. The predicted molar refractivity (Wildman–Crippen MR) is 95.1 cm³/mol. The summed E-state index contributed by atoms with van der Waals surface area (Å²) in [6, 6.07) is 18.8. The van der Waals surface area contributed by atoms with Crippen LogP contribution in [0, 0.1) is 0 Å². The Bertz CT molecular complexity index is 609. The summed E-state index contributed by atoms with van der Waals surface area (Å²) in [7, 11) is -2.82. The number of carbonyl (C=O) groups is 1. The van der Waals surface area contributed by atoms with E-state index in [1.807, 2.05) is 67.6 Å². The van der Waals surface area contributed by atoms with E-state index in [2.05, 4.69) is 0 Å². The number of unbranched alkanes of at least 4 members (excludes halogenated alkanes) is 1. The Morgan fingerprint density at radius 3 is 1.96 bits per heavy atom. The van der Waals surface area contributed by atoms with Crippen LogP contribution < -0.4 is 10.6 Å². The normalized spacial score (nSPS) is 11.2. The zero-order valence-corrected chi connectivity index (χ0v) is 14.4. The summed E-state index contributed by atoms with van der Waals surface area (Å²) in [5.74, 6) is -0.273. The highest BCUT2D eigenvalue weighted by Crippen LogP contribution is 2.43. The van der Waals surface area contributed by atoms with Crippen LogP contribution >= 0.6 is 7.14 Å². The molecule has 122 valence electrons. The summed E-state index contributed by atoms with van der Waals surface area (Å²) < 4.78 is 18.8. The van der Waals surface area contributed by atoms with Gasteiger partial charge in [-0.1, -0.05) is 74.0 Å². The molecule has 0 atom stereocenters. The maximum absolute atomic E-state index is 13.6. The molecule has 0 unspecified atom stereocenters. The minimum atomic E-state index is -2.82. The van der Waals surface area contributed by atoms with Crippen LogP contribution in [0.3, 0.4) is 0 Å². The second-order valence-electron chi connectivity index (χ2n) is 5.46. The van der Waals surface area contributed by atoms with Crippen molar-refractivity contribution in [1.29, 1.82) is 0 Å². The topological polar surface area (TPSA) is 43.4 Å². The van der Waals surface area contributed by atoms with Gasteiger partial charge in [0.05, 0.1) is 13.0 Å². The van der Waals surface area contributed by atoms with E-state index in [0.29, 0.717) is 12.8 Å². The lowest BCUT2D eigenvalue weighted by Crippen LogP contribution is -2.20. The molecular formula is C19H23O3P. The number of benzene rings is 2. The standard InChI is InChI=1S/C19H23O3P/c1-2-3-15-22-19(20)14-16-23(21,17-10-6-4-7-11-17)18-12-8-5-9-13-18/h4-13H,2-3,14-16H2,1H3. The first-order valence-corrected chi connectivity index (χ1v) is 9.92. The van der Waals surface area contributed by atoms with Gasteiger partial charge < -0.3 is 9.30 Å². The van der Waals surface area contributed by atoms with Gasteiger partial charge in [0.1, 0.15) is 7.14 Å². The van der Waals surface area contributed by atoms with Crippen LogP contribution in [0.25, 0.3) is 0 Å². The number of rotatable bonds is 8. The van der Waals surface area contributed by atoms with Gasteiger partial charge in [0, 0.05) is 16.8 Å². The number of esters is 1. The molecule has 0 aromatic heterocycles. The molecule has 0 amide bonds. The van der Waals surface area contributed by atoms with Crippen molar-refractivity contribution < 1.29 is 14.1 Å². The molecule has 0 bridgehead atoms. The molecule has 2 aromatic carbocycles. The van der Waals surface area contributed by atoms with E-state index in [4.69, 9.17) is 4.74 Å². The molecule has 0 spiro atoms. The van der Waals surface area contributed by atoms with Crippen LogP contribution in [-0.4, -0.2) is 18.7 Å². The fourth-order valence-electron chi connectivity index (χ4n) is 2.40. The van der Waals surface area contributed by atoms with Crippen molar-refractivity contribution in [3.05, 3.63) is 60.7 Å². The van der Waals surface area contributed by atoms with E-state index in [9.17, 15) is 9.36 Å². The number of hydrogen-bond acceptors (Lipinski definition) is 3. The van der Waals surface area contributed by atoms with Gasteiger partial charge in [-0.2, -0.15) is 0 Å². The fourth-order valence-corrected chi connectivity index (χ4v) is 5.02. The van der Waals surface area contributed by atoms with E-state index in [1.54, 1.807) is 0 Å². The van der Waals surface area contributed by atoms with Crippen LogP contribution in [0.4, 0.5) is 0 Å². The Hall–Kier alpha value is -1.86. The van der Waals surface area contributed by atoms with Crippen LogP contribution in [0.1, 0.15) is 26.2 Å². The Morgan fingerprint density at radius 2 is 1.48 bits per heavy atom. The van der Waals surface area contributed by atoms with Gasteiger partial charge in [-0.3, -0.25) is 4.79 Å². The molecule has 0 N–H and O–H groups in total. The quantitative estimate of drug-likeness (QED) is 0.421. The largest absolute Gasteiger partial charge is 0.466 e. The fraction of sp³-hybridized carbons (Fsp3) is 0.316. The van der Waals surface area contributed by atoms with Crippen molar-refractivity contribution in [1.82, 2.24) is 0 Å². The van der Waals surface area contributed by atoms with Gasteiger partial charge in [0.2, 0.25) is 0 Å². The van der Waals surface area contributed by atoms with Gasteiger partial charge in [-0.15, -0.1) is 0 Å². The Morgan fingerprint density at radius 1 is 0.957 bits per heavy atom. The summed E-state index contributed by atoms with van der Waals surface area (Å²) in [6.45, 7) is 2.49. The molecule has 0 saturated heterocycles. The smallest absolute Gasteiger partial charge is 0.306 e. The molecule has 0 radical (unpaired) electrons. The molecule has 0 heterocycles. The number of carbonyl (C=O) groups excluding carboxylic acids is 1. The molecule has 2 aromatic rings. The molecule has 3 nitrogen and oxygen atoms in total. The molecular weight excluding hydrogens is 307 g/mol. The highest BCUT2D eigenvalue weighted by molar-refractivity contribution is 7.78. The van der Waals surface area contributed by atoms with E-state index in [0.717, 1.165) is 23.5 Å². The van der Waals surface area contributed by atoms with E-state index < -0.39 is 7.14 Å². The third kappa shape index (κ3) is 4.80. The van der Waals surface area contributed by atoms with Gasteiger partial charge in [-0.25, -0.2) is 0 Å². The lowest BCUT2D eigenvalue weighted by atomic mass is 10.4. The maximum atomic E-state index is 13.6. The molecule has 0 aliphatic carbocycles. The average molecular weight is 330 g/mol. The average Bonchev–Trinajstić information content (AvgIpc) is 2.61. The summed E-state index contributed by atoms with van der Waals surface area (Å²) in [5, 5.41) is 1.57. The first kappa shape index (κ1) is 17.5. The number of hydrogen-bond donors (Lipinski definition) is 0. The second-order valence-corrected chi connectivity index (χ2v) is 8.42. The van der Waals surface area contributed by atoms with Gasteiger partial charge in [0.15, 0.2) is 0 Å². The highest BCUT2D eigenvalue weighted by atomic mass is 31.2. The monoisotopic (exact) mass is 330 g/mol. The first-order chi connectivity index (χ1) is 11.2. The predicted octanol–water partition coefficient (Wildman–Crippen LogP) is 3.73. The lowest BCUT2D eigenvalue weighted by Gasteiger charge is -2.19. The van der Waals surface area contributed by atoms with Gasteiger partial charge in [-0.05, 0) is 6.42 Å². The third-order valence-electron chi connectivity index (χ3n) is 3.74. The van der Waals surface area contributed by atoms with E-state index in [-0.39, 0.29) is 12.4 Å². The second kappa shape index (κ2) is 8.69. The summed E-state index contributed by atoms with van der Waals surface area (Å²) in [4.78, 5) is 11.9. The SMILES string of the molecule is CCCCOC(=O)CCP(=O)(c1ccccc1)c1ccccc1. The van der Waals surface area contributed by atoms with Crippen LogP contribution in [0.5, 0.6) is 0 Å². The van der Waals surface area contributed by atoms with Crippen LogP contribution in [0.2, 0.25) is 0 Å². The lowest BCUT2D eigenvalue weighted by molar-refractivity contribution is -0.143.